The van der Waals surface area contributed by atoms with Crippen molar-refractivity contribution >= 4 is 5.97 Å². The minimum atomic E-state index is -1.01. The van der Waals surface area contributed by atoms with Gasteiger partial charge in [0.25, 0.3) is 0 Å². The van der Waals surface area contributed by atoms with Crippen LogP contribution >= 0.6 is 0 Å². The van der Waals surface area contributed by atoms with Crippen molar-refractivity contribution in [3.8, 4) is 17.1 Å². The predicted molar refractivity (Wildman–Crippen MR) is 84.7 cm³/mol. The van der Waals surface area contributed by atoms with Crippen LogP contribution < -0.4 is 4.74 Å². The molecular formula is C17H20N2O4. The fourth-order valence-corrected chi connectivity index (χ4v) is 2.90. The van der Waals surface area contributed by atoms with Crippen molar-refractivity contribution in [3.05, 3.63) is 36.2 Å². The zero-order valence-corrected chi connectivity index (χ0v) is 13.1. The maximum Gasteiger partial charge on any atom is 0.339 e. The third-order valence-electron chi connectivity index (χ3n) is 4.21. The Balaban J connectivity index is 1.83. The summed E-state index contributed by atoms with van der Waals surface area (Å²) in [6.07, 6.45) is 5.81. The molecule has 1 aliphatic heterocycles. The molecule has 3 rings (SSSR count). The van der Waals surface area contributed by atoms with Gasteiger partial charge in [-0.1, -0.05) is 0 Å². The number of hydrogen-bond acceptors (Lipinski definition) is 4. The van der Waals surface area contributed by atoms with Gasteiger partial charge in [0, 0.05) is 37.7 Å². The summed E-state index contributed by atoms with van der Waals surface area (Å²) in [5.74, 6) is 0.706. The highest BCUT2D eigenvalue weighted by atomic mass is 16.5. The maximum absolute atomic E-state index is 11.4. The highest BCUT2D eigenvalue weighted by molar-refractivity contribution is 5.92. The first-order chi connectivity index (χ1) is 11.2. The molecule has 0 saturated carbocycles. The van der Waals surface area contributed by atoms with Crippen LogP contribution in [0.5, 0.6) is 5.75 Å². The van der Waals surface area contributed by atoms with Crippen molar-refractivity contribution in [1.82, 2.24) is 9.55 Å². The molecule has 0 radical (unpaired) electrons. The first-order valence-corrected chi connectivity index (χ1v) is 7.69. The first kappa shape index (κ1) is 15.6. The highest BCUT2D eigenvalue weighted by Crippen LogP contribution is 2.26. The van der Waals surface area contributed by atoms with Gasteiger partial charge in [-0.15, -0.1) is 0 Å². The molecule has 122 valence electrons. The van der Waals surface area contributed by atoms with Crippen molar-refractivity contribution in [2.75, 3.05) is 20.3 Å². The number of hydrogen-bond donors (Lipinski definition) is 1. The number of carbonyl (C=O) groups is 1. The summed E-state index contributed by atoms with van der Waals surface area (Å²) in [6, 6.07) is 5.12. The zero-order valence-electron chi connectivity index (χ0n) is 13.1. The van der Waals surface area contributed by atoms with Crippen molar-refractivity contribution in [3.63, 3.8) is 0 Å². The SMILES string of the molecule is COc1ccc(-c2nccn2CC[C@H]2CCOC2)cc1C(=O)O. The number of aromatic carboxylic acids is 1. The van der Waals surface area contributed by atoms with Crippen LogP contribution in [0.25, 0.3) is 11.4 Å². The molecule has 0 bridgehead atoms. The van der Waals surface area contributed by atoms with Crippen LogP contribution in [0.1, 0.15) is 23.2 Å². The molecule has 1 aliphatic rings. The number of methoxy groups -OCH3 is 1. The molecule has 0 unspecified atom stereocenters. The number of benzene rings is 1. The summed E-state index contributed by atoms with van der Waals surface area (Å²) < 4.78 is 12.6. The molecule has 0 amide bonds. The van der Waals surface area contributed by atoms with Gasteiger partial charge in [-0.2, -0.15) is 0 Å². The van der Waals surface area contributed by atoms with Crippen LogP contribution in [0.3, 0.4) is 0 Å². The zero-order chi connectivity index (χ0) is 16.2. The van der Waals surface area contributed by atoms with Crippen LogP contribution in [0.4, 0.5) is 0 Å². The molecule has 1 aromatic carbocycles. The second kappa shape index (κ2) is 6.83. The summed E-state index contributed by atoms with van der Waals surface area (Å²) in [6.45, 7) is 2.52. The average molecular weight is 316 g/mol. The van der Waals surface area contributed by atoms with Crippen LogP contribution in [-0.4, -0.2) is 41.0 Å². The lowest BCUT2D eigenvalue weighted by Gasteiger charge is -2.12. The number of carboxylic acid groups (broad SMARTS) is 1. The van der Waals surface area contributed by atoms with Crippen LogP contribution in [0, 0.1) is 5.92 Å². The van der Waals surface area contributed by atoms with E-state index in [1.54, 1.807) is 18.3 Å². The van der Waals surface area contributed by atoms with E-state index in [1.807, 2.05) is 12.3 Å². The fourth-order valence-electron chi connectivity index (χ4n) is 2.90. The summed E-state index contributed by atoms with van der Waals surface area (Å²) in [5.41, 5.74) is 0.916. The first-order valence-electron chi connectivity index (χ1n) is 7.69. The Kier molecular flexibility index (Phi) is 4.62. The standard InChI is InChI=1S/C17H20N2O4/c1-22-15-3-2-13(10-14(15)17(20)21)16-18-6-8-19(16)7-4-12-5-9-23-11-12/h2-3,6,8,10,12H,4-5,7,9,11H2,1H3,(H,20,21)/t12-/m0/s1. The van der Waals surface area contributed by atoms with Gasteiger partial charge in [-0.3, -0.25) is 0 Å². The van der Waals surface area contributed by atoms with Gasteiger partial charge in [0.05, 0.1) is 7.11 Å². The van der Waals surface area contributed by atoms with E-state index >= 15 is 0 Å². The van der Waals surface area contributed by atoms with E-state index in [-0.39, 0.29) is 5.56 Å². The lowest BCUT2D eigenvalue weighted by atomic mass is 10.1. The Morgan fingerprint density at radius 3 is 3.09 bits per heavy atom. The van der Waals surface area contributed by atoms with Gasteiger partial charge < -0.3 is 19.1 Å². The van der Waals surface area contributed by atoms with Crippen molar-refractivity contribution in [1.29, 1.82) is 0 Å². The molecule has 1 aromatic heterocycles. The lowest BCUT2D eigenvalue weighted by molar-refractivity contribution is 0.0693. The Bertz CT molecular complexity index is 690. The Morgan fingerprint density at radius 1 is 1.52 bits per heavy atom. The van der Waals surface area contributed by atoms with Gasteiger partial charge in [-0.05, 0) is 37.0 Å². The Morgan fingerprint density at radius 2 is 2.39 bits per heavy atom. The van der Waals surface area contributed by atoms with Crippen LogP contribution in [0.2, 0.25) is 0 Å². The molecule has 1 saturated heterocycles. The summed E-state index contributed by atoms with van der Waals surface area (Å²) in [5, 5.41) is 9.31. The molecule has 6 nitrogen and oxygen atoms in total. The number of aromatic nitrogens is 2. The quantitative estimate of drug-likeness (QED) is 0.887. The molecule has 23 heavy (non-hydrogen) atoms. The van der Waals surface area contributed by atoms with Gasteiger partial charge in [-0.25, -0.2) is 9.78 Å². The molecule has 6 heteroatoms. The maximum atomic E-state index is 11.4. The van der Waals surface area contributed by atoms with E-state index in [2.05, 4.69) is 9.55 Å². The summed E-state index contributed by atoms with van der Waals surface area (Å²) in [7, 11) is 1.46. The topological polar surface area (TPSA) is 73.6 Å². The minimum absolute atomic E-state index is 0.142. The lowest BCUT2D eigenvalue weighted by Crippen LogP contribution is -2.07. The van der Waals surface area contributed by atoms with Crippen LogP contribution in [-0.2, 0) is 11.3 Å². The van der Waals surface area contributed by atoms with Gasteiger partial charge in [0.2, 0.25) is 0 Å². The molecule has 1 fully saturated rings. The highest BCUT2D eigenvalue weighted by Gasteiger charge is 2.17. The predicted octanol–water partition coefficient (Wildman–Crippen LogP) is 2.68. The second-order valence-electron chi connectivity index (χ2n) is 5.68. The molecule has 1 N–H and O–H groups in total. The van der Waals surface area contributed by atoms with Crippen molar-refractivity contribution in [2.45, 2.75) is 19.4 Å². The minimum Gasteiger partial charge on any atom is -0.496 e. The van der Waals surface area contributed by atoms with E-state index in [0.29, 0.717) is 11.7 Å². The van der Waals surface area contributed by atoms with Gasteiger partial charge in [0.15, 0.2) is 0 Å². The van der Waals surface area contributed by atoms with Crippen LogP contribution in [0.15, 0.2) is 30.6 Å². The number of imidazole rings is 1. The number of nitrogens with zero attached hydrogens (tertiary/aromatic N) is 2. The summed E-state index contributed by atoms with van der Waals surface area (Å²) >= 11 is 0. The number of ether oxygens (including phenoxy) is 2. The fraction of sp³-hybridized carbons (Fsp3) is 0.412. The molecule has 0 aliphatic carbocycles. The van der Waals surface area contributed by atoms with E-state index in [0.717, 1.165) is 44.0 Å². The number of aryl methyl sites for hydroxylation is 1. The monoisotopic (exact) mass is 316 g/mol. The molecule has 1 atom stereocenters. The van der Waals surface area contributed by atoms with E-state index in [4.69, 9.17) is 9.47 Å². The third-order valence-corrected chi connectivity index (χ3v) is 4.21. The smallest absolute Gasteiger partial charge is 0.339 e. The molecular weight excluding hydrogens is 296 g/mol. The van der Waals surface area contributed by atoms with E-state index in [1.165, 1.54) is 7.11 Å². The average Bonchev–Trinajstić information content (AvgIpc) is 3.23. The van der Waals surface area contributed by atoms with E-state index in [9.17, 15) is 9.90 Å². The second-order valence-corrected chi connectivity index (χ2v) is 5.68. The normalized spacial score (nSPS) is 17.3. The Hall–Kier alpha value is -2.34. The molecule has 2 heterocycles. The Labute approximate surface area is 134 Å². The number of rotatable bonds is 6. The van der Waals surface area contributed by atoms with Crippen molar-refractivity contribution < 1.29 is 19.4 Å². The summed E-state index contributed by atoms with van der Waals surface area (Å²) in [4.78, 5) is 15.8. The van der Waals surface area contributed by atoms with Crippen molar-refractivity contribution in [2.24, 2.45) is 5.92 Å². The van der Waals surface area contributed by atoms with Gasteiger partial charge in [0.1, 0.15) is 17.1 Å². The largest absolute Gasteiger partial charge is 0.496 e. The van der Waals surface area contributed by atoms with E-state index < -0.39 is 5.97 Å². The molecule has 2 aromatic rings. The third kappa shape index (κ3) is 3.37. The van der Waals surface area contributed by atoms with Gasteiger partial charge >= 0.3 is 5.97 Å². The molecule has 0 spiro atoms. The number of carboxylic acids is 1.